The molecule has 0 atom stereocenters. The average molecular weight is 217 g/mol. The minimum atomic E-state index is -0.0810. The minimum Gasteiger partial charge on any atom is -0.267 e. The second-order valence-corrected chi connectivity index (χ2v) is 3.38. The zero-order valence-corrected chi connectivity index (χ0v) is 8.00. The van der Waals surface area contributed by atoms with Crippen molar-refractivity contribution in [2.45, 2.75) is 19.9 Å². The quantitative estimate of drug-likeness (QED) is 0.715. The maximum absolute atomic E-state index is 11.3. The van der Waals surface area contributed by atoms with Gasteiger partial charge >= 0.3 is 0 Å². The minimum absolute atomic E-state index is 0.0810. The van der Waals surface area contributed by atoms with Crippen LogP contribution in [0.2, 0.25) is 0 Å². The smallest absolute Gasteiger partial charge is 0.267 e. The molecule has 0 amide bonds. The summed E-state index contributed by atoms with van der Waals surface area (Å²) in [5.41, 5.74) is -0.0810. The standard InChI is InChI=1S/C7H9BrN2O/c1-5(2)10-7(11)6(8)3-4-9-10/h3-5H,1-2H3. The van der Waals surface area contributed by atoms with Crippen LogP contribution in [0.3, 0.4) is 0 Å². The van der Waals surface area contributed by atoms with E-state index in [-0.39, 0.29) is 11.6 Å². The molecular formula is C7H9BrN2O. The van der Waals surface area contributed by atoms with Gasteiger partial charge in [-0.25, -0.2) is 4.68 Å². The SMILES string of the molecule is CC(C)n1nccc(Br)c1=O. The third-order valence-electron chi connectivity index (χ3n) is 1.31. The summed E-state index contributed by atoms with van der Waals surface area (Å²) in [6.45, 7) is 3.84. The Labute approximate surface area is 73.2 Å². The van der Waals surface area contributed by atoms with E-state index in [0.717, 1.165) is 0 Å². The monoisotopic (exact) mass is 216 g/mol. The third-order valence-corrected chi connectivity index (χ3v) is 1.92. The second kappa shape index (κ2) is 3.17. The Hall–Kier alpha value is -0.640. The van der Waals surface area contributed by atoms with Gasteiger partial charge in [-0.1, -0.05) is 0 Å². The first-order valence-corrected chi connectivity index (χ1v) is 4.15. The van der Waals surface area contributed by atoms with E-state index >= 15 is 0 Å². The number of aromatic nitrogens is 2. The molecule has 1 rings (SSSR count). The molecular weight excluding hydrogens is 208 g/mol. The van der Waals surface area contributed by atoms with Crippen molar-refractivity contribution >= 4 is 15.9 Å². The average Bonchev–Trinajstić information content (AvgIpc) is 1.94. The molecule has 1 heterocycles. The molecule has 0 saturated carbocycles. The maximum atomic E-state index is 11.3. The molecule has 1 aromatic rings. The fourth-order valence-corrected chi connectivity index (χ4v) is 1.07. The van der Waals surface area contributed by atoms with E-state index in [0.29, 0.717) is 4.47 Å². The summed E-state index contributed by atoms with van der Waals surface area (Å²) < 4.78 is 1.99. The van der Waals surface area contributed by atoms with Gasteiger partial charge in [0.25, 0.3) is 5.56 Å². The molecule has 0 fully saturated rings. The van der Waals surface area contributed by atoms with Crippen LogP contribution in [-0.2, 0) is 0 Å². The summed E-state index contributed by atoms with van der Waals surface area (Å²) in [7, 11) is 0. The number of hydrogen-bond donors (Lipinski definition) is 0. The zero-order valence-electron chi connectivity index (χ0n) is 6.41. The van der Waals surface area contributed by atoms with Crippen molar-refractivity contribution in [2.24, 2.45) is 0 Å². The highest BCUT2D eigenvalue weighted by atomic mass is 79.9. The molecule has 0 N–H and O–H groups in total. The van der Waals surface area contributed by atoms with Crippen LogP contribution in [-0.4, -0.2) is 9.78 Å². The normalized spacial score (nSPS) is 10.5. The molecule has 0 aromatic carbocycles. The molecule has 0 aliphatic rings. The van der Waals surface area contributed by atoms with Crippen molar-refractivity contribution in [3.05, 3.63) is 27.1 Å². The van der Waals surface area contributed by atoms with Crippen LogP contribution in [0.25, 0.3) is 0 Å². The lowest BCUT2D eigenvalue weighted by Crippen LogP contribution is -2.24. The van der Waals surface area contributed by atoms with Crippen LogP contribution in [0.5, 0.6) is 0 Å². The Morgan fingerprint density at radius 3 is 2.73 bits per heavy atom. The number of rotatable bonds is 1. The molecule has 0 radical (unpaired) electrons. The van der Waals surface area contributed by atoms with Gasteiger partial charge in [0.15, 0.2) is 0 Å². The maximum Gasteiger partial charge on any atom is 0.281 e. The molecule has 60 valence electrons. The summed E-state index contributed by atoms with van der Waals surface area (Å²) in [5, 5.41) is 3.91. The Bertz CT molecular complexity index is 306. The van der Waals surface area contributed by atoms with Crippen molar-refractivity contribution in [1.29, 1.82) is 0 Å². The summed E-state index contributed by atoms with van der Waals surface area (Å²) in [5.74, 6) is 0. The second-order valence-electron chi connectivity index (χ2n) is 2.52. The van der Waals surface area contributed by atoms with E-state index < -0.39 is 0 Å². The van der Waals surface area contributed by atoms with E-state index in [2.05, 4.69) is 21.0 Å². The van der Waals surface area contributed by atoms with Crippen molar-refractivity contribution in [3.8, 4) is 0 Å². The van der Waals surface area contributed by atoms with Gasteiger partial charge in [-0.15, -0.1) is 0 Å². The lowest BCUT2D eigenvalue weighted by Gasteiger charge is -2.06. The zero-order chi connectivity index (χ0) is 8.43. The van der Waals surface area contributed by atoms with E-state index in [1.165, 1.54) is 4.68 Å². The van der Waals surface area contributed by atoms with Crippen LogP contribution in [0.1, 0.15) is 19.9 Å². The van der Waals surface area contributed by atoms with Gasteiger partial charge < -0.3 is 0 Å². The van der Waals surface area contributed by atoms with Crippen LogP contribution in [0.4, 0.5) is 0 Å². The molecule has 0 saturated heterocycles. The van der Waals surface area contributed by atoms with E-state index in [1.54, 1.807) is 12.3 Å². The topological polar surface area (TPSA) is 34.9 Å². The fourth-order valence-electron chi connectivity index (χ4n) is 0.772. The molecule has 0 aliphatic carbocycles. The van der Waals surface area contributed by atoms with Crippen LogP contribution in [0.15, 0.2) is 21.5 Å². The summed E-state index contributed by atoms with van der Waals surface area (Å²) in [6, 6.07) is 1.75. The van der Waals surface area contributed by atoms with Gasteiger partial charge in [0.05, 0.1) is 10.5 Å². The number of nitrogens with zero attached hydrogens (tertiary/aromatic N) is 2. The summed E-state index contributed by atoms with van der Waals surface area (Å²) >= 11 is 3.14. The lowest BCUT2D eigenvalue weighted by atomic mass is 10.4. The Kier molecular flexibility index (Phi) is 2.44. The highest BCUT2D eigenvalue weighted by Gasteiger charge is 2.03. The largest absolute Gasteiger partial charge is 0.281 e. The van der Waals surface area contributed by atoms with Crippen molar-refractivity contribution in [2.75, 3.05) is 0 Å². The molecule has 0 aliphatic heterocycles. The van der Waals surface area contributed by atoms with Gasteiger partial charge in [0.1, 0.15) is 0 Å². The molecule has 11 heavy (non-hydrogen) atoms. The molecule has 0 spiro atoms. The van der Waals surface area contributed by atoms with Gasteiger partial charge in [-0.05, 0) is 35.8 Å². The molecule has 0 unspecified atom stereocenters. The lowest BCUT2D eigenvalue weighted by molar-refractivity contribution is 0.500. The van der Waals surface area contributed by atoms with E-state index in [4.69, 9.17) is 0 Å². The van der Waals surface area contributed by atoms with Gasteiger partial charge in [0.2, 0.25) is 0 Å². The number of hydrogen-bond acceptors (Lipinski definition) is 2. The van der Waals surface area contributed by atoms with Crippen LogP contribution in [0, 0.1) is 0 Å². The molecule has 1 aromatic heterocycles. The summed E-state index contributed by atoms with van der Waals surface area (Å²) in [6.07, 6.45) is 1.60. The summed E-state index contributed by atoms with van der Waals surface area (Å²) in [4.78, 5) is 11.3. The fraction of sp³-hybridized carbons (Fsp3) is 0.429. The number of halogens is 1. The van der Waals surface area contributed by atoms with Crippen molar-refractivity contribution in [1.82, 2.24) is 9.78 Å². The van der Waals surface area contributed by atoms with Gasteiger partial charge in [-0.2, -0.15) is 5.10 Å². The van der Waals surface area contributed by atoms with Crippen LogP contribution < -0.4 is 5.56 Å². The Balaban J connectivity index is 3.28. The third kappa shape index (κ3) is 1.68. The highest BCUT2D eigenvalue weighted by molar-refractivity contribution is 9.10. The molecule has 0 bridgehead atoms. The molecule has 3 nitrogen and oxygen atoms in total. The van der Waals surface area contributed by atoms with E-state index in [1.807, 2.05) is 13.8 Å². The predicted molar refractivity (Wildman–Crippen MR) is 46.6 cm³/mol. The molecule has 4 heteroatoms. The van der Waals surface area contributed by atoms with Gasteiger partial charge in [0, 0.05) is 6.20 Å². The van der Waals surface area contributed by atoms with E-state index in [9.17, 15) is 4.79 Å². The first-order chi connectivity index (χ1) is 5.13. The van der Waals surface area contributed by atoms with Crippen molar-refractivity contribution < 1.29 is 0 Å². The Morgan fingerprint density at radius 1 is 1.64 bits per heavy atom. The van der Waals surface area contributed by atoms with Crippen molar-refractivity contribution in [3.63, 3.8) is 0 Å². The Morgan fingerprint density at radius 2 is 2.27 bits per heavy atom. The highest BCUT2D eigenvalue weighted by Crippen LogP contribution is 2.02. The van der Waals surface area contributed by atoms with Gasteiger partial charge in [-0.3, -0.25) is 4.79 Å². The first kappa shape index (κ1) is 8.46. The predicted octanol–water partition coefficient (Wildman–Crippen LogP) is 1.59. The van der Waals surface area contributed by atoms with Crippen LogP contribution >= 0.6 is 15.9 Å². The first-order valence-electron chi connectivity index (χ1n) is 3.36.